The predicted octanol–water partition coefficient (Wildman–Crippen LogP) is 4.51. The third-order valence-corrected chi connectivity index (χ3v) is 4.40. The summed E-state index contributed by atoms with van der Waals surface area (Å²) in [5, 5.41) is 5.99. The van der Waals surface area contributed by atoms with Gasteiger partial charge < -0.3 is 10.1 Å². The molecule has 0 saturated carbocycles. The van der Waals surface area contributed by atoms with Crippen LogP contribution in [0.5, 0.6) is 5.75 Å². The zero-order valence-corrected chi connectivity index (χ0v) is 13.2. The molecular formula is C17H20BrNO. The van der Waals surface area contributed by atoms with Crippen molar-refractivity contribution in [3.8, 4) is 5.75 Å². The van der Waals surface area contributed by atoms with Crippen LogP contribution in [0.2, 0.25) is 0 Å². The van der Waals surface area contributed by atoms with Crippen LogP contribution in [0.15, 0.2) is 40.9 Å². The summed E-state index contributed by atoms with van der Waals surface area (Å²) in [4.78, 5) is 0. The fraction of sp³-hybridized carbons (Fsp3) is 0.412. The second-order valence-corrected chi connectivity index (χ2v) is 6.35. The van der Waals surface area contributed by atoms with Gasteiger partial charge in [-0.1, -0.05) is 28.1 Å². The summed E-state index contributed by atoms with van der Waals surface area (Å²) in [5.74, 6) is 0.971. The van der Waals surface area contributed by atoms with Crippen LogP contribution in [0.3, 0.4) is 0 Å². The largest absolute Gasteiger partial charge is 0.494 e. The van der Waals surface area contributed by atoms with E-state index in [9.17, 15) is 0 Å². The van der Waals surface area contributed by atoms with Crippen molar-refractivity contribution in [2.45, 2.75) is 31.7 Å². The van der Waals surface area contributed by atoms with Crippen LogP contribution in [0.25, 0.3) is 10.8 Å². The zero-order chi connectivity index (χ0) is 13.8. The summed E-state index contributed by atoms with van der Waals surface area (Å²) in [7, 11) is 0. The highest BCUT2D eigenvalue weighted by atomic mass is 79.9. The lowest BCUT2D eigenvalue weighted by Gasteiger charge is -2.11. The van der Waals surface area contributed by atoms with E-state index in [2.05, 4.69) is 57.6 Å². The second-order valence-electron chi connectivity index (χ2n) is 5.44. The van der Waals surface area contributed by atoms with E-state index >= 15 is 0 Å². The van der Waals surface area contributed by atoms with Crippen LogP contribution in [0.4, 0.5) is 0 Å². The highest BCUT2D eigenvalue weighted by Crippen LogP contribution is 2.24. The van der Waals surface area contributed by atoms with Gasteiger partial charge in [-0.25, -0.2) is 0 Å². The first-order valence-electron chi connectivity index (χ1n) is 7.37. The molecule has 1 heterocycles. The quantitative estimate of drug-likeness (QED) is 0.812. The van der Waals surface area contributed by atoms with Gasteiger partial charge in [-0.2, -0.15) is 0 Å². The van der Waals surface area contributed by atoms with E-state index in [-0.39, 0.29) is 0 Å². The lowest BCUT2D eigenvalue weighted by molar-refractivity contribution is 0.299. The van der Waals surface area contributed by atoms with Gasteiger partial charge in [0.1, 0.15) is 5.75 Å². The molecule has 0 bridgehead atoms. The topological polar surface area (TPSA) is 21.3 Å². The molecule has 1 unspecified atom stereocenters. The van der Waals surface area contributed by atoms with Crippen molar-refractivity contribution in [1.29, 1.82) is 0 Å². The molecule has 3 heteroatoms. The Bertz CT molecular complexity index is 578. The SMILES string of the molecule is Brc1ccc2cc(OCCCC3CCCN3)ccc2c1. The molecule has 2 aromatic rings. The van der Waals surface area contributed by atoms with Gasteiger partial charge >= 0.3 is 0 Å². The Kier molecular flexibility index (Phi) is 4.58. The Labute approximate surface area is 128 Å². The molecule has 0 spiro atoms. The molecule has 1 N–H and O–H groups in total. The Morgan fingerprint density at radius 2 is 2.00 bits per heavy atom. The first kappa shape index (κ1) is 13.9. The molecule has 0 aromatic heterocycles. The van der Waals surface area contributed by atoms with Crippen LogP contribution in [-0.4, -0.2) is 19.2 Å². The standard InChI is InChI=1S/C17H20BrNO/c18-15-7-5-14-12-17(8-6-13(14)11-15)20-10-2-4-16-3-1-9-19-16/h5-8,11-12,16,19H,1-4,9-10H2. The molecule has 0 radical (unpaired) electrons. The first-order valence-corrected chi connectivity index (χ1v) is 8.16. The van der Waals surface area contributed by atoms with Crippen molar-refractivity contribution >= 4 is 26.7 Å². The Morgan fingerprint density at radius 1 is 1.15 bits per heavy atom. The van der Waals surface area contributed by atoms with E-state index in [0.717, 1.165) is 23.2 Å². The fourth-order valence-corrected chi connectivity index (χ4v) is 3.19. The normalized spacial score (nSPS) is 18.6. The Morgan fingerprint density at radius 3 is 2.85 bits per heavy atom. The molecule has 20 heavy (non-hydrogen) atoms. The summed E-state index contributed by atoms with van der Waals surface area (Å²) in [6, 6.07) is 13.3. The number of fused-ring (bicyclic) bond motifs is 1. The summed E-state index contributed by atoms with van der Waals surface area (Å²) >= 11 is 3.50. The lowest BCUT2D eigenvalue weighted by atomic mass is 10.1. The van der Waals surface area contributed by atoms with E-state index in [1.165, 1.54) is 36.6 Å². The van der Waals surface area contributed by atoms with Crippen molar-refractivity contribution < 1.29 is 4.74 Å². The third-order valence-electron chi connectivity index (χ3n) is 3.90. The van der Waals surface area contributed by atoms with E-state index in [0.29, 0.717) is 6.04 Å². The average Bonchev–Trinajstić information content (AvgIpc) is 2.97. The van der Waals surface area contributed by atoms with Crippen molar-refractivity contribution in [2.24, 2.45) is 0 Å². The number of nitrogens with one attached hydrogen (secondary N) is 1. The number of hydrogen-bond donors (Lipinski definition) is 1. The van der Waals surface area contributed by atoms with E-state index in [1.54, 1.807) is 0 Å². The molecule has 2 aromatic carbocycles. The fourth-order valence-electron chi connectivity index (χ4n) is 2.81. The third kappa shape index (κ3) is 3.53. The van der Waals surface area contributed by atoms with Gasteiger partial charge in [0.25, 0.3) is 0 Å². The minimum Gasteiger partial charge on any atom is -0.494 e. The van der Waals surface area contributed by atoms with Gasteiger partial charge in [0.2, 0.25) is 0 Å². The molecule has 3 rings (SSSR count). The van der Waals surface area contributed by atoms with Crippen LogP contribution in [-0.2, 0) is 0 Å². The van der Waals surface area contributed by atoms with Crippen molar-refractivity contribution in [2.75, 3.05) is 13.2 Å². The van der Waals surface area contributed by atoms with Crippen molar-refractivity contribution in [3.63, 3.8) is 0 Å². The van der Waals surface area contributed by atoms with Gasteiger partial charge in [0.05, 0.1) is 6.61 Å². The summed E-state index contributed by atoms with van der Waals surface area (Å²) in [6.07, 6.45) is 4.99. The predicted molar refractivity (Wildman–Crippen MR) is 87.4 cm³/mol. The summed E-state index contributed by atoms with van der Waals surface area (Å²) < 4.78 is 6.98. The highest BCUT2D eigenvalue weighted by molar-refractivity contribution is 9.10. The molecule has 106 valence electrons. The lowest BCUT2D eigenvalue weighted by Crippen LogP contribution is -2.21. The number of hydrogen-bond acceptors (Lipinski definition) is 2. The van der Waals surface area contributed by atoms with E-state index in [4.69, 9.17) is 4.74 Å². The van der Waals surface area contributed by atoms with Crippen LogP contribution in [0.1, 0.15) is 25.7 Å². The van der Waals surface area contributed by atoms with E-state index in [1.807, 2.05) is 0 Å². The number of halogens is 1. The number of benzene rings is 2. The van der Waals surface area contributed by atoms with Crippen LogP contribution in [0, 0.1) is 0 Å². The summed E-state index contributed by atoms with van der Waals surface area (Å²) in [6.45, 7) is 1.99. The number of rotatable bonds is 5. The molecule has 0 amide bonds. The minimum atomic E-state index is 0.715. The number of ether oxygens (including phenoxy) is 1. The van der Waals surface area contributed by atoms with E-state index < -0.39 is 0 Å². The molecule has 1 aliphatic heterocycles. The molecule has 1 fully saturated rings. The molecule has 2 nitrogen and oxygen atoms in total. The monoisotopic (exact) mass is 333 g/mol. The van der Waals surface area contributed by atoms with Crippen molar-refractivity contribution in [1.82, 2.24) is 5.32 Å². The highest BCUT2D eigenvalue weighted by Gasteiger charge is 2.12. The molecule has 1 saturated heterocycles. The molecule has 0 aliphatic carbocycles. The molecular weight excluding hydrogens is 314 g/mol. The maximum absolute atomic E-state index is 5.86. The smallest absolute Gasteiger partial charge is 0.119 e. The Balaban J connectivity index is 1.53. The van der Waals surface area contributed by atoms with Crippen LogP contribution >= 0.6 is 15.9 Å². The van der Waals surface area contributed by atoms with Gasteiger partial charge in [-0.3, -0.25) is 0 Å². The molecule has 1 atom stereocenters. The average molecular weight is 334 g/mol. The van der Waals surface area contributed by atoms with Gasteiger partial charge in [-0.15, -0.1) is 0 Å². The minimum absolute atomic E-state index is 0.715. The van der Waals surface area contributed by atoms with Crippen molar-refractivity contribution in [3.05, 3.63) is 40.9 Å². The van der Waals surface area contributed by atoms with Gasteiger partial charge in [0, 0.05) is 10.5 Å². The maximum Gasteiger partial charge on any atom is 0.119 e. The van der Waals surface area contributed by atoms with Gasteiger partial charge in [-0.05, 0) is 67.3 Å². The molecule has 1 aliphatic rings. The zero-order valence-electron chi connectivity index (χ0n) is 11.6. The van der Waals surface area contributed by atoms with Gasteiger partial charge in [0.15, 0.2) is 0 Å². The maximum atomic E-state index is 5.86. The Hall–Kier alpha value is -1.06. The summed E-state index contributed by atoms with van der Waals surface area (Å²) in [5.41, 5.74) is 0. The first-order chi connectivity index (χ1) is 9.81. The van der Waals surface area contributed by atoms with Crippen LogP contribution < -0.4 is 10.1 Å². The second kappa shape index (κ2) is 6.59.